The lowest BCUT2D eigenvalue weighted by Gasteiger charge is -2.32. The molecule has 0 saturated carbocycles. The minimum absolute atomic E-state index is 0.00786. The Hall–Kier alpha value is -3.68. The maximum Gasteiger partial charge on any atom is 0.259 e. The van der Waals surface area contributed by atoms with Crippen molar-refractivity contribution in [2.45, 2.75) is 59.5 Å². The van der Waals surface area contributed by atoms with E-state index in [1.165, 1.54) is 0 Å². The molecule has 0 unspecified atom stereocenters. The first-order chi connectivity index (χ1) is 17.2. The van der Waals surface area contributed by atoms with Crippen LogP contribution in [0.15, 0.2) is 53.7 Å². The summed E-state index contributed by atoms with van der Waals surface area (Å²) in [6.45, 7) is 9.32. The van der Waals surface area contributed by atoms with Gasteiger partial charge in [0.05, 0.1) is 5.56 Å². The van der Waals surface area contributed by atoms with E-state index in [1.807, 2.05) is 45.3 Å². The molecule has 0 aliphatic carbocycles. The van der Waals surface area contributed by atoms with Gasteiger partial charge < -0.3 is 19.9 Å². The largest absolute Gasteiger partial charge is 0.489 e. The summed E-state index contributed by atoms with van der Waals surface area (Å²) in [5.74, 6) is 1.25. The number of nitrogens with one attached hydrogen (secondary N) is 2. The molecule has 1 aliphatic heterocycles. The third-order valence-corrected chi connectivity index (χ3v) is 6.28. The van der Waals surface area contributed by atoms with Gasteiger partial charge in [-0.2, -0.15) is 0 Å². The topological polar surface area (TPSA) is 100 Å². The first-order valence-electron chi connectivity index (χ1n) is 12.6. The highest BCUT2D eigenvalue weighted by molar-refractivity contribution is 5.94. The molecular formula is C28H35N5O3. The van der Waals surface area contributed by atoms with Gasteiger partial charge in [0.25, 0.3) is 5.56 Å². The first kappa shape index (κ1) is 25.4. The van der Waals surface area contributed by atoms with E-state index in [1.54, 1.807) is 24.4 Å². The third-order valence-electron chi connectivity index (χ3n) is 6.28. The average molecular weight is 490 g/mol. The monoisotopic (exact) mass is 489 g/mol. The minimum atomic E-state index is -0.490. The van der Waals surface area contributed by atoms with E-state index in [0.29, 0.717) is 17.0 Å². The summed E-state index contributed by atoms with van der Waals surface area (Å²) < 4.78 is 6.34. The van der Waals surface area contributed by atoms with Gasteiger partial charge in [-0.15, -0.1) is 0 Å². The predicted molar refractivity (Wildman–Crippen MR) is 142 cm³/mol. The molecule has 190 valence electrons. The Balaban J connectivity index is 1.43. The first-order valence-corrected chi connectivity index (χ1v) is 12.6. The lowest BCUT2D eigenvalue weighted by Crippen LogP contribution is -2.39. The van der Waals surface area contributed by atoms with E-state index < -0.39 is 5.41 Å². The molecule has 2 aromatic heterocycles. The van der Waals surface area contributed by atoms with Gasteiger partial charge in [0.15, 0.2) is 0 Å². The van der Waals surface area contributed by atoms with Crippen LogP contribution in [-0.4, -0.2) is 40.1 Å². The molecule has 3 heterocycles. The zero-order valence-electron chi connectivity index (χ0n) is 21.5. The lowest BCUT2D eigenvalue weighted by molar-refractivity contribution is -0.123. The number of carbonyl (C=O) groups is 1. The number of anilines is 2. The van der Waals surface area contributed by atoms with Crippen molar-refractivity contribution in [2.24, 2.45) is 5.41 Å². The van der Waals surface area contributed by atoms with E-state index in [0.717, 1.165) is 55.8 Å². The van der Waals surface area contributed by atoms with Crippen molar-refractivity contribution in [1.82, 2.24) is 15.0 Å². The highest BCUT2D eigenvalue weighted by atomic mass is 16.5. The van der Waals surface area contributed by atoms with E-state index in [4.69, 9.17) is 4.74 Å². The number of hydrogen-bond acceptors (Lipinski definition) is 6. The molecule has 1 aliphatic rings. The molecule has 0 atom stereocenters. The Morgan fingerprint density at radius 1 is 1.11 bits per heavy atom. The smallest absolute Gasteiger partial charge is 0.259 e. The summed E-state index contributed by atoms with van der Waals surface area (Å²) in [6.07, 6.45) is 9.12. The van der Waals surface area contributed by atoms with Crippen LogP contribution in [-0.2, 0) is 11.2 Å². The van der Waals surface area contributed by atoms with Gasteiger partial charge in [-0.3, -0.25) is 9.59 Å². The zero-order chi connectivity index (χ0) is 25.7. The molecule has 8 heteroatoms. The molecule has 1 fully saturated rings. The van der Waals surface area contributed by atoms with Crippen LogP contribution < -0.4 is 20.5 Å². The predicted octanol–water partition coefficient (Wildman–Crippen LogP) is 4.82. The summed E-state index contributed by atoms with van der Waals surface area (Å²) in [7, 11) is 0. The van der Waals surface area contributed by atoms with Gasteiger partial charge in [-0.05, 0) is 35.7 Å². The number of benzene rings is 1. The molecule has 0 radical (unpaired) electrons. The second kappa shape index (κ2) is 10.9. The highest BCUT2D eigenvalue weighted by Gasteiger charge is 2.24. The molecule has 1 aromatic carbocycles. The zero-order valence-corrected chi connectivity index (χ0v) is 21.5. The number of pyridine rings is 1. The Morgan fingerprint density at radius 2 is 1.78 bits per heavy atom. The normalized spacial score (nSPS) is 14.5. The summed E-state index contributed by atoms with van der Waals surface area (Å²) in [6, 6.07) is 9.07. The highest BCUT2D eigenvalue weighted by Crippen LogP contribution is 2.30. The number of aromatic amines is 1. The maximum atomic E-state index is 12.8. The van der Waals surface area contributed by atoms with Crippen molar-refractivity contribution >= 4 is 17.5 Å². The minimum Gasteiger partial charge on any atom is -0.489 e. The fourth-order valence-corrected chi connectivity index (χ4v) is 4.15. The molecule has 0 bridgehead atoms. The summed E-state index contributed by atoms with van der Waals surface area (Å²) in [4.78, 5) is 39.0. The van der Waals surface area contributed by atoms with Crippen LogP contribution in [0.2, 0.25) is 0 Å². The molecular weight excluding hydrogens is 454 g/mol. The quantitative estimate of drug-likeness (QED) is 0.494. The molecule has 1 amide bonds. The van der Waals surface area contributed by atoms with Crippen molar-refractivity contribution in [3.8, 4) is 16.9 Å². The Kier molecular flexibility index (Phi) is 7.72. The van der Waals surface area contributed by atoms with Gasteiger partial charge in [0, 0.05) is 55.6 Å². The molecule has 1 saturated heterocycles. The van der Waals surface area contributed by atoms with Gasteiger partial charge in [0.2, 0.25) is 11.9 Å². The van der Waals surface area contributed by atoms with E-state index in [9.17, 15) is 9.59 Å². The van der Waals surface area contributed by atoms with Crippen molar-refractivity contribution < 1.29 is 9.53 Å². The number of nitrogens with zero attached hydrogens (tertiary/aromatic N) is 3. The van der Waals surface area contributed by atoms with Crippen LogP contribution >= 0.6 is 0 Å². The van der Waals surface area contributed by atoms with E-state index in [2.05, 4.69) is 32.1 Å². The molecule has 2 N–H and O–H groups in total. The number of ether oxygens (including phenoxy) is 1. The fourth-order valence-electron chi connectivity index (χ4n) is 4.15. The second-order valence-electron chi connectivity index (χ2n) is 10.3. The Morgan fingerprint density at radius 3 is 2.39 bits per heavy atom. The van der Waals surface area contributed by atoms with Crippen LogP contribution in [0.5, 0.6) is 5.75 Å². The van der Waals surface area contributed by atoms with Gasteiger partial charge in [-0.25, -0.2) is 9.97 Å². The van der Waals surface area contributed by atoms with Crippen LogP contribution in [0.1, 0.15) is 52.5 Å². The number of aryl methyl sites for hydroxylation is 1. The van der Waals surface area contributed by atoms with Crippen LogP contribution in [0.4, 0.5) is 11.6 Å². The lowest BCUT2D eigenvalue weighted by atomic mass is 9.95. The van der Waals surface area contributed by atoms with Gasteiger partial charge in [0.1, 0.15) is 11.9 Å². The molecule has 0 spiro atoms. The molecule has 3 aromatic rings. The Bertz CT molecular complexity index is 1220. The van der Waals surface area contributed by atoms with Crippen LogP contribution in [0.3, 0.4) is 0 Å². The average Bonchev–Trinajstić information content (AvgIpc) is 2.86. The van der Waals surface area contributed by atoms with Crippen molar-refractivity contribution in [2.75, 3.05) is 23.3 Å². The fraction of sp³-hybridized carbons (Fsp3) is 0.429. The van der Waals surface area contributed by atoms with Gasteiger partial charge >= 0.3 is 0 Å². The molecule has 8 nitrogen and oxygen atoms in total. The number of rotatable bonds is 7. The number of H-pyrrole nitrogens is 1. The number of hydrogen-bond donors (Lipinski definition) is 2. The summed E-state index contributed by atoms with van der Waals surface area (Å²) >= 11 is 0. The number of amides is 1. The van der Waals surface area contributed by atoms with E-state index in [-0.39, 0.29) is 17.6 Å². The van der Waals surface area contributed by atoms with Crippen molar-refractivity contribution in [3.05, 3.63) is 64.8 Å². The molecule has 36 heavy (non-hydrogen) atoms. The summed E-state index contributed by atoms with van der Waals surface area (Å²) in [5, 5.41) is 2.91. The second-order valence-corrected chi connectivity index (χ2v) is 10.3. The van der Waals surface area contributed by atoms with Crippen molar-refractivity contribution in [3.63, 3.8) is 0 Å². The van der Waals surface area contributed by atoms with Crippen molar-refractivity contribution in [1.29, 1.82) is 0 Å². The molecule has 4 rings (SSSR count). The number of carbonyl (C=O) groups excluding carboxylic acids is 1. The standard InChI is InChI=1S/C28H35N5O3/c1-5-6-19-17-30-27(31-18-19)33-15-12-22(13-16-33)36-23-11-14-29-25(34)24(23)20-7-9-21(10-8-20)32-26(35)28(2,3)4/h7-11,14,17-18,22H,5-6,12-13,15-16H2,1-4H3,(H,29,34)(H,32,35). The number of aromatic nitrogens is 3. The Labute approximate surface area is 212 Å². The van der Waals surface area contributed by atoms with E-state index >= 15 is 0 Å². The SMILES string of the molecule is CCCc1cnc(N2CCC(Oc3cc[nH]c(=O)c3-c3ccc(NC(=O)C(C)(C)C)cc3)CC2)nc1. The number of piperidine rings is 1. The van der Waals surface area contributed by atoms with Gasteiger partial charge in [-0.1, -0.05) is 46.2 Å². The van der Waals surface area contributed by atoms with Crippen LogP contribution in [0, 0.1) is 5.41 Å². The third kappa shape index (κ3) is 6.11. The maximum absolute atomic E-state index is 12.8. The summed E-state index contributed by atoms with van der Waals surface area (Å²) in [5.41, 5.74) is 2.37. The van der Waals surface area contributed by atoms with Crippen LogP contribution in [0.25, 0.3) is 11.1 Å².